The topological polar surface area (TPSA) is 74.6 Å². The normalized spacial score (nSPS) is 38.5. The van der Waals surface area contributed by atoms with Crippen molar-refractivity contribution >= 4 is 11.9 Å². The second-order valence-electron chi connectivity index (χ2n) is 12.4. The van der Waals surface area contributed by atoms with Crippen molar-refractivity contribution in [2.75, 3.05) is 0 Å². The van der Waals surface area contributed by atoms with Crippen LogP contribution in [0, 0.1) is 52.3 Å². The summed E-state index contributed by atoms with van der Waals surface area (Å²) in [7, 11) is 0. The first kappa shape index (κ1) is 25.3. The van der Waals surface area contributed by atoms with E-state index in [9.17, 15) is 19.8 Å². The minimum absolute atomic E-state index is 0.0691. The van der Waals surface area contributed by atoms with Gasteiger partial charge in [-0.15, -0.1) is 0 Å². The van der Waals surface area contributed by atoms with Crippen LogP contribution in [0.4, 0.5) is 0 Å². The highest BCUT2D eigenvalue weighted by Crippen LogP contribution is 2.66. The van der Waals surface area contributed by atoms with Gasteiger partial charge in [0.25, 0.3) is 0 Å². The van der Waals surface area contributed by atoms with Crippen LogP contribution in [0.15, 0.2) is 11.6 Å². The Morgan fingerprint density at radius 1 is 1.00 bits per heavy atom. The third-order valence-corrected chi connectivity index (χ3v) is 10.4. The van der Waals surface area contributed by atoms with Crippen molar-refractivity contribution in [1.82, 2.24) is 0 Å². The molecule has 3 rings (SSSR count). The van der Waals surface area contributed by atoms with Crippen molar-refractivity contribution in [3.05, 3.63) is 11.6 Å². The Morgan fingerprint density at radius 3 is 2.28 bits per heavy atom. The largest absolute Gasteiger partial charge is 0.481 e. The standard InChI is InChI=1S/C28H46O4/c1-17(2)18(3)7-8-19(4)22-11-12-23-21-10-9-20(15-25(29)30)28(6,16-26(31)32)24(21)13-14-27(22,23)5/h10,17-20,22-24H,7-9,11-16H2,1-6H3,(H,29,30)(H,31,32)/t18-,19+,20-,22-,23+,24-,27+,28-/m0/s1. The van der Waals surface area contributed by atoms with Crippen LogP contribution in [-0.2, 0) is 9.59 Å². The van der Waals surface area contributed by atoms with E-state index in [2.05, 4.69) is 47.6 Å². The van der Waals surface area contributed by atoms with E-state index in [1.54, 1.807) is 0 Å². The van der Waals surface area contributed by atoms with E-state index in [0.29, 0.717) is 17.8 Å². The number of rotatable bonds is 9. The number of carboxylic acid groups (broad SMARTS) is 2. The first-order valence-corrected chi connectivity index (χ1v) is 13.0. The molecule has 3 aliphatic carbocycles. The van der Waals surface area contributed by atoms with Crippen molar-refractivity contribution in [2.24, 2.45) is 52.3 Å². The van der Waals surface area contributed by atoms with Crippen molar-refractivity contribution in [3.8, 4) is 0 Å². The maximum Gasteiger partial charge on any atom is 0.303 e. The van der Waals surface area contributed by atoms with E-state index in [1.807, 2.05) is 0 Å². The van der Waals surface area contributed by atoms with Gasteiger partial charge in [-0.3, -0.25) is 9.59 Å². The molecule has 0 aliphatic heterocycles. The first-order chi connectivity index (χ1) is 14.9. The molecule has 0 aromatic heterocycles. The van der Waals surface area contributed by atoms with Crippen LogP contribution in [0.2, 0.25) is 0 Å². The quantitative estimate of drug-likeness (QED) is 0.372. The molecule has 0 unspecified atom stereocenters. The van der Waals surface area contributed by atoms with Crippen LogP contribution in [0.1, 0.15) is 99.3 Å². The molecular formula is C28H46O4. The Labute approximate surface area is 195 Å². The Hall–Kier alpha value is -1.32. The Bertz CT molecular complexity index is 740. The van der Waals surface area contributed by atoms with Gasteiger partial charge in [0.05, 0.1) is 6.42 Å². The predicted octanol–water partition coefficient (Wildman–Crippen LogP) is 7.04. The summed E-state index contributed by atoms with van der Waals surface area (Å²) in [5.74, 6) is 2.00. The molecule has 32 heavy (non-hydrogen) atoms. The number of carbonyl (C=O) groups is 2. The van der Waals surface area contributed by atoms with Gasteiger partial charge in [0.15, 0.2) is 0 Å². The number of carboxylic acids is 2. The lowest BCUT2D eigenvalue weighted by Gasteiger charge is -2.55. The molecule has 0 amide bonds. The average molecular weight is 447 g/mol. The van der Waals surface area contributed by atoms with Gasteiger partial charge in [-0.1, -0.05) is 66.0 Å². The summed E-state index contributed by atoms with van der Waals surface area (Å²) in [6.45, 7) is 14.1. The van der Waals surface area contributed by atoms with E-state index in [1.165, 1.54) is 31.3 Å². The number of allylic oxidation sites excluding steroid dienone is 2. The van der Waals surface area contributed by atoms with Gasteiger partial charge in [-0.2, -0.15) is 0 Å². The summed E-state index contributed by atoms with van der Waals surface area (Å²) in [6.07, 6.45) is 10.4. The molecule has 4 nitrogen and oxygen atoms in total. The summed E-state index contributed by atoms with van der Waals surface area (Å²) >= 11 is 0. The molecule has 0 spiro atoms. The minimum atomic E-state index is -0.811. The Kier molecular flexibility index (Phi) is 7.52. The second-order valence-corrected chi connectivity index (χ2v) is 12.4. The summed E-state index contributed by atoms with van der Waals surface area (Å²) in [5, 5.41) is 19.2. The molecule has 0 bridgehead atoms. The van der Waals surface area contributed by atoms with Crippen LogP contribution in [0.25, 0.3) is 0 Å². The number of aliphatic carboxylic acids is 2. The molecule has 2 fully saturated rings. The highest BCUT2D eigenvalue weighted by molar-refractivity contribution is 5.70. The fourth-order valence-corrected chi connectivity index (χ4v) is 7.98. The lowest BCUT2D eigenvalue weighted by molar-refractivity contribution is -0.146. The maximum absolute atomic E-state index is 11.8. The Morgan fingerprint density at radius 2 is 1.69 bits per heavy atom. The van der Waals surface area contributed by atoms with Crippen molar-refractivity contribution in [1.29, 1.82) is 0 Å². The monoisotopic (exact) mass is 446 g/mol. The van der Waals surface area contributed by atoms with Crippen LogP contribution < -0.4 is 0 Å². The Balaban J connectivity index is 1.82. The smallest absolute Gasteiger partial charge is 0.303 e. The fraction of sp³-hybridized carbons (Fsp3) is 0.857. The molecular weight excluding hydrogens is 400 g/mol. The van der Waals surface area contributed by atoms with Crippen LogP contribution in [0.3, 0.4) is 0 Å². The van der Waals surface area contributed by atoms with E-state index in [0.717, 1.165) is 36.5 Å². The van der Waals surface area contributed by atoms with Gasteiger partial charge in [0, 0.05) is 6.42 Å². The van der Waals surface area contributed by atoms with E-state index in [-0.39, 0.29) is 24.7 Å². The van der Waals surface area contributed by atoms with Crippen LogP contribution in [-0.4, -0.2) is 22.2 Å². The van der Waals surface area contributed by atoms with Crippen LogP contribution >= 0.6 is 0 Å². The highest BCUT2D eigenvalue weighted by Gasteiger charge is 2.58. The van der Waals surface area contributed by atoms with Gasteiger partial charge in [0.1, 0.15) is 0 Å². The van der Waals surface area contributed by atoms with Gasteiger partial charge in [-0.05, 0) is 84.4 Å². The molecule has 8 atom stereocenters. The number of hydrogen-bond acceptors (Lipinski definition) is 2. The molecule has 4 heteroatoms. The zero-order valence-electron chi connectivity index (χ0n) is 21.2. The molecule has 0 saturated heterocycles. The third-order valence-electron chi connectivity index (χ3n) is 10.4. The summed E-state index contributed by atoms with van der Waals surface area (Å²) in [5.41, 5.74) is 1.31. The number of hydrogen-bond donors (Lipinski definition) is 2. The lowest BCUT2D eigenvalue weighted by atomic mass is 9.49. The van der Waals surface area contributed by atoms with Gasteiger partial charge in [-0.25, -0.2) is 0 Å². The van der Waals surface area contributed by atoms with Gasteiger partial charge >= 0.3 is 11.9 Å². The molecule has 0 aromatic rings. The highest BCUT2D eigenvalue weighted by atomic mass is 16.4. The first-order valence-electron chi connectivity index (χ1n) is 13.0. The predicted molar refractivity (Wildman–Crippen MR) is 128 cm³/mol. The van der Waals surface area contributed by atoms with Crippen molar-refractivity contribution < 1.29 is 19.8 Å². The third kappa shape index (κ3) is 4.66. The molecule has 2 saturated carbocycles. The van der Waals surface area contributed by atoms with E-state index < -0.39 is 17.4 Å². The molecule has 0 aromatic carbocycles. The molecule has 2 N–H and O–H groups in total. The molecule has 0 heterocycles. The molecule has 0 radical (unpaired) electrons. The van der Waals surface area contributed by atoms with Crippen molar-refractivity contribution in [3.63, 3.8) is 0 Å². The van der Waals surface area contributed by atoms with Crippen LogP contribution in [0.5, 0.6) is 0 Å². The zero-order chi connectivity index (χ0) is 23.8. The SMILES string of the molecule is CC(C)[C@@H](C)CC[C@@H](C)[C@@H]1CC[C@@H]2C3=CC[C@@H](CC(=O)O)[C@](C)(CC(=O)O)[C@H]3CC[C@@]21C. The summed E-state index contributed by atoms with van der Waals surface area (Å²) < 4.78 is 0. The maximum atomic E-state index is 11.8. The summed E-state index contributed by atoms with van der Waals surface area (Å²) in [4.78, 5) is 23.4. The van der Waals surface area contributed by atoms with Gasteiger partial charge in [0.2, 0.25) is 0 Å². The van der Waals surface area contributed by atoms with E-state index in [4.69, 9.17) is 0 Å². The van der Waals surface area contributed by atoms with Gasteiger partial charge < -0.3 is 10.2 Å². The molecule has 3 aliphatic rings. The van der Waals surface area contributed by atoms with E-state index >= 15 is 0 Å². The zero-order valence-corrected chi connectivity index (χ0v) is 21.2. The molecule has 182 valence electrons. The second kappa shape index (κ2) is 9.50. The lowest BCUT2D eigenvalue weighted by Crippen LogP contribution is -2.48. The summed E-state index contributed by atoms with van der Waals surface area (Å²) in [6, 6.07) is 0. The fourth-order valence-electron chi connectivity index (χ4n) is 7.98. The average Bonchev–Trinajstić information content (AvgIpc) is 3.04. The van der Waals surface area contributed by atoms with Crippen molar-refractivity contribution in [2.45, 2.75) is 99.3 Å². The number of fused-ring (bicyclic) bond motifs is 3. The minimum Gasteiger partial charge on any atom is -0.481 e.